The molecular weight excluding hydrogens is 335 g/mol. The fourth-order valence-corrected chi connectivity index (χ4v) is 2.32. The zero-order valence-corrected chi connectivity index (χ0v) is 14.1. The standard InChI is InChI=1S/C20H17FN2O3/c1-13-4-7-15(11-17(13)21)19(24)22-12-14-5-8-16(9-6-14)23-20(25)18-3-2-10-26-18/h2-11H,12H2,1H3,(H,22,24)(H,23,25). The summed E-state index contributed by atoms with van der Waals surface area (Å²) in [5, 5.41) is 5.45. The van der Waals surface area contributed by atoms with Gasteiger partial charge >= 0.3 is 0 Å². The van der Waals surface area contributed by atoms with Crippen LogP contribution >= 0.6 is 0 Å². The van der Waals surface area contributed by atoms with E-state index in [0.717, 1.165) is 5.56 Å². The van der Waals surface area contributed by atoms with Crippen molar-refractivity contribution >= 4 is 17.5 Å². The molecule has 5 nitrogen and oxygen atoms in total. The summed E-state index contributed by atoms with van der Waals surface area (Å²) in [5.41, 5.74) is 2.23. The molecule has 1 heterocycles. The highest BCUT2D eigenvalue weighted by molar-refractivity contribution is 6.02. The van der Waals surface area contributed by atoms with E-state index >= 15 is 0 Å². The van der Waals surface area contributed by atoms with Crippen molar-refractivity contribution in [2.45, 2.75) is 13.5 Å². The van der Waals surface area contributed by atoms with Crippen LogP contribution in [0.25, 0.3) is 0 Å². The minimum atomic E-state index is -0.408. The maximum Gasteiger partial charge on any atom is 0.291 e. The van der Waals surface area contributed by atoms with Gasteiger partial charge in [-0.2, -0.15) is 0 Å². The Balaban J connectivity index is 1.56. The molecule has 2 N–H and O–H groups in total. The van der Waals surface area contributed by atoms with Gasteiger partial charge in [-0.15, -0.1) is 0 Å². The maximum atomic E-state index is 13.5. The number of carbonyl (C=O) groups is 2. The zero-order chi connectivity index (χ0) is 18.5. The molecule has 0 saturated carbocycles. The lowest BCUT2D eigenvalue weighted by Crippen LogP contribution is -2.23. The topological polar surface area (TPSA) is 71.3 Å². The zero-order valence-electron chi connectivity index (χ0n) is 14.1. The Kier molecular flexibility index (Phi) is 5.12. The van der Waals surface area contributed by atoms with E-state index < -0.39 is 5.82 Å². The van der Waals surface area contributed by atoms with Gasteiger partial charge in [0.15, 0.2) is 5.76 Å². The number of anilines is 1. The van der Waals surface area contributed by atoms with Gasteiger partial charge in [-0.25, -0.2) is 4.39 Å². The number of halogens is 1. The van der Waals surface area contributed by atoms with Gasteiger partial charge in [-0.05, 0) is 54.4 Å². The molecular formula is C20H17FN2O3. The largest absolute Gasteiger partial charge is 0.459 e. The number of benzene rings is 2. The molecule has 0 saturated heterocycles. The van der Waals surface area contributed by atoms with Crippen LogP contribution in [-0.2, 0) is 6.54 Å². The summed E-state index contributed by atoms with van der Waals surface area (Å²) >= 11 is 0. The Labute approximate surface area is 149 Å². The van der Waals surface area contributed by atoms with E-state index in [-0.39, 0.29) is 23.1 Å². The van der Waals surface area contributed by atoms with Crippen LogP contribution in [0.1, 0.15) is 32.0 Å². The molecule has 0 aliphatic rings. The number of nitrogens with one attached hydrogen (secondary N) is 2. The lowest BCUT2D eigenvalue weighted by Gasteiger charge is -2.08. The first-order valence-electron chi connectivity index (χ1n) is 8.01. The summed E-state index contributed by atoms with van der Waals surface area (Å²) in [4.78, 5) is 24.0. The van der Waals surface area contributed by atoms with Crippen LogP contribution < -0.4 is 10.6 Å². The van der Waals surface area contributed by atoms with Crippen molar-refractivity contribution in [3.63, 3.8) is 0 Å². The van der Waals surface area contributed by atoms with Crippen LogP contribution in [0.15, 0.2) is 65.3 Å². The molecule has 26 heavy (non-hydrogen) atoms. The van der Waals surface area contributed by atoms with Gasteiger partial charge in [0, 0.05) is 17.8 Å². The molecule has 0 aliphatic heterocycles. The Morgan fingerprint density at radius 3 is 2.46 bits per heavy atom. The van der Waals surface area contributed by atoms with Crippen LogP contribution in [0.4, 0.5) is 10.1 Å². The molecule has 0 atom stereocenters. The van der Waals surface area contributed by atoms with Crippen molar-refractivity contribution < 1.29 is 18.4 Å². The second-order valence-electron chi connectivity index (χ2n) is 5.77. The van der Waals surface area contributed by atoms with Gasteiger partial charge in [0.2, 0.25) is 0 Å². The highest BCUT2D eigenvalue weighted by Crippen LogP contribution is 2.13. The second kappa shape index (κ2) is 7.65. The van der Waals surface area contributed by atoms with E-state index in [2.05, 4.69) is 10.6 Å². The molecule has 0 aliphatic carbocycles. The van der Waals surface area contributed by atoms with Gasteiger partial charge < -0.3 is 15.1 Å². The van der Waals surface area contributed by atoms with Gasteiger partial charge in [-0.3, -0.25) is 9.59 Å². The average Bonchev–Trinajstić information content (AvgIpc) is 3.18. The Bertz CT molecular complexity index is 919. The first-order chi connectivity index (χ1) is 12.5. The van der Waals surface area contributed by atoms with Crippen molar-refractivity contribution in [2.75, 3.05) is 5.32 Å². The van der Waals surface area contributed by atoms with Crippen LogP contribution in [0.2, 0.25) is 0 Å². The summed E-state index contributed by atoms with van der Waals surface area (Å²) in [6.45, 7) is 1.93. The molecule has 1 aromatic heterocycles. The fraction of sp³-hybridized carbons (Fsp3) is 0.100. The van der Waals surface area contributed by atoms with Crippen molar-refractivity contribution in [2.24, 2.45) is 0 Å². The smallest absolute Gasteiger partial charge is 0.291 e. The van der Waals surface area contributed by atoms with E-state index in [9.17, 15) is 14.0 Å². The summed E-state index contributed by atoms with van der Waals surface area (Å²) in [7, 11) is 0. The monoisotopic (exact) mass is 352 g/mol. The van der Waals surface area contributed by atoms with Gasteiger partial charge in [0.1, 0.15) is 5.82 Å². The molecule has 132 valence electrons. The molecule has 3 aromatic rings. The number of rotatable bonds is 5. The quantitative estimate of drug-likeness (QED) is 0.731. The first-order valence-corrected chi connectivity index (χ1v) is 8.01. The Hall–Kier alpha value is -3.41. The van der Waals surface area contributed by atoms with Gasteiger partial charge in [0.05, 0.1) is 6.26 Å². The summed E-state index contributed by atoms with van der Waals surface area (Å²) in [5.74, 6) is -0.863. The molecule has 2 amide bonds. The van der Waals surface area contributed by atoms with Crippen LogP contribution in [0, 0.1) is 12.7 Å². The second-order valence-corrected chi connectivity index (χ2v) is 5.77. The molecule has 0 fully saturated rings. The lowest BCUT2D eigenvalue weighted by atomic mass is 10.1. The number of aryl methyl sites for hydroxylation is 1. The summed E-state index contributed by atoms with van der Waals surface area (Å²) < 4.78 is 18.6. The number of amides is 2. The highest BCUT2D eigenvalue weighted by Gasteiger charge is 2.10. The fourth-order valence-electron chi connectivity index (χ4n) is 2.32. The molecule has 2 aromatic carbocycles. The molecule has 3 rings (SSSR count). The molecule has 6 heteroatoms. The number of hydrogen-bond donors (Lipinski definition) is 2. The molecule has 0 spiro atoms. The number of furan rings is 1. The molecule has 0 radical (unpaired) electrons. The van der Waals surface area contributed by atoms with E-state index in [4.69, 9.17) is 4.42 Å². The SMILES string of the molecule is Cc1ccc(C(=O)NCc2ccc(NC(=O)c3ccco3)cc2)cc1F. The Morgan fingerprint density at radius 1 is 1.04 bits per heavy atom. The third-order valence-electron chi connectivity index (χ3n) is 3.84. The van der Waals surface area contributed by atoms with Crippen molar-refractivity contribution in [1.82, 2.24) is 5.32 Å². The molecule has 0 bridgehead atoms. The van der Waals surface area contributed by atoms with E-state index in [1.165, 1.54) is 12.3 Å². The predicted molar refractivity (Wildman–Crippen MR) is 95.4 cm³/mol. The van der Waals surface area contributed by atoms with Crippen molar-refractivity contribution in [3.05, 3.63) is 89.1 Å². The summed E-state index contributed by atoms with van der Waals surface area (Å²) in [6, 6.07) is 14.6. The minimum Gasteiger partial charge on any atom is -0.459 e. The maximum absolute atomic E-state index is 13.5. The first kappa shape index (κ1) is 17.4. The van der Waals surface area contributed by atoms with Gasteiger partial charge in [0.25, 0.3) is 11.8 Å². The van der Waals surface area contributed by atoms with Crippen LogP contribution in [-0.4, -0.2) is 11.8 Å². The number of carbonyl (C=O) groups excluding carboxylic acids is 2. The van der Waals surface area contributed by atoms with Crippen molar-refractivity contribution in [1.29, 1.82) is 0 Å². The van der Waals surface area contributed by atoms with Crippen LogP contribution in [0.3, 0.4) is 0 Å². The minimum absolute atomic E-state index is 0.228. The van der Waals surface area contributed by atoms with E-state index in [1.54, 1.807) is 55.5 Å². The normalized spacial score (nSPS) is 10.4. The number of hydrogen-bond acceptors (Lipinski definition) is 3. The molecule has 0 unspecified atom stereocenters. The van der Waals surface area contributed by atoms with E-state index in [0.29, 0.717) is 17.8 Å². The van der Waals surface area contributed by atoms with Crippen LogP contribution in [0.5, 0.6) is 0 Å². The van der Waals surface area contributed by atoms with Crippen molar-refractivity contribution in [3.8, 4) is 0 Å². The van der Waals surface area contributed by atoms with Gasteiger partial charge in [-0.1, -0.05) is 18.2 Å². The lowest BCUT2D eigenvalue weighted by molar-refractivity contribution is 0.0949. The summed E-state index contributed by atoms with van der Waals surface area (Å²) in [6.07, 6.45) is 1.43. The van der Waals surface area contributed by atoms with E-state index in [1.807, 2.05) is 0 Å². The third-order valence-corrected chi connectivity index (χ3v) is 3.84. The third kappa shape index (κ3) is 4.16. The highest BCUT2D eigenvalue weighted by atomic mass is 19.1. The average molecular weight is 352 g/mol. The predicted octanol–water partition coefficient (Wildman–Crippen LogP) is 3.91. The Morgan fingerprint density at radius 2 is 1.81 bits per heavy atom.